The van der Waals surface area contributed by atoms with E-state index in [-0.39, 0.29) is 36.0 Å². The van der Waals surface area contributed by atoms with E-state index in [4.69, 9.17) is 4.74 Å². The molecule has 0 saturated carbocycles. The molecule has 12 heteroatoms. The number of likely N-dealkylation sites (N-methyl/N-ethyl adjacent to an activating group) is 1. The Bertz CT molecular complexity index is 1270. The minimum atomic E-state index is -4.48. The van der Waals surface area contributed by atoms with Crippen LogP contribution in [0.15, 0.2) is 53.4 Å². The van der Waals surface area contributed by atoms with Crippen molar-refractivity contribution in [3.63, 3.8) is 0 Å². The van der Waals surface area contributed by atoms with Crippen LogP contribution in [0.2, 0.25) is 0 Å². The van der Waals surface area contributed by atoms with Gasteiger partial charge in [-0.15, -0.1) is 0 Å². The maximum absolute atomic E-state index is 13.5. The molecule has 3 atom stereocenters. The summed E-state index contributed by atoms with van der Waals surface area (Å²) in [6.45, 7) is 4.95. The van der Waals surface area contributed by atoms with Crippen LogP contribution in [0, 0.1) is 5.92 Å². The number of hydrogen-bond acceptors (Lipinski definition) is 5. The minimum absolute atomic E-state index is 0.0408. The molecule has 0 spiro atoms. The summed E-state index contributed by atoms with van der Waals surface area (Å²) in [6, 6.07) is 7.57. The average Bonchev–Trinajstić information content (AvgIpc) is 2.85. The zero-order chi connectivity index (χ0) is 28.3. The smallest absolute Gasteiger partial charge is 0.416 e. The van der Waals surface area contributed by atoms with Gasteiger partial charge in [-0.1, -0.05) is 25.1 Å². The maximum Gasteiger partial charge on any atom is 0.416 e. The van der Waals surface area contributed by atoms with Gasteiger partial charge in [-0.3, -0.25) is 0 Å². The van der Waals surface area contributed by atoms with Gasteiger partial charge in [0.1, 0.15) is 16.7 Å². The molecule has 2 N–H and O–H groups in total. The maximum atomic E-state index is 13.5. The van der Waals surface area contributed by atoms with E-state index in [9.17, 15) is 31.5 Å². The van der Waals surface area contributed by atoms with Gasteiger partial charge in [0.15, 0.2) is 0 Å². The van der Waals surface area contributed by atoms with E-state index in [2.05, 4.69) is 5.32 Å². The van der Waals surface area contributed by atoms with Crippen LogP contribution < -0.4 is 10.1 Å². The zero-order valence-corrected chi connectivity index (χ0v) is 22.4. The number of anilines is 1. The number of fused-ring (bicyclic) bond motifs is 1. The van der Waals surface area contributed by atoms with Crippen molar-refractivity contribution in [2.24, 2.45) is 5.92 Å². The average molecular weight is 556 g/mol. The number of amides is 2. The molecule has 0 aliphatic carbocycles. The summed E-state index contributed by atoms with van der Waals surface area (Å²) in [5, 5.41) is 12.3. The lowest BCUT2D eigenvalue weighted by atomic mass is 10.0. The lowest BCUT2D eigenvalue weighted by Gasteiger charge is -2.37. The first kappa shape index (κ1) is 29.5. The van der Waals surface area contributed by atoms with Gasteiger partial charge in [-0.25, -0.2) is 13.2 Å². The Labute approximate surface area is 220 Å². The van der Waals surface area contributed by atoms with E-state index in [0.29, 0.717) is 0 Å². The van der Waals surface area contributed by atoms with E-state index in [0.717, 1.165) is 17.7 Å². The number of aliphatic hydroxyl groups is 1. The number of carbonyl (C=O) groups is 1. The largest absolute Gasteiger partial charge is 0.487 e. The van der Waals surface area contributed by atoms with Crippen LogP contribution in [-0.4, -0.2) is 67.7 Å². The van der Waals surface area contributed by atoms with Crippen molar-refractivity contribution in [3.8, 4) is 5.75 Å². The quantitative estimate of drug-likeness (QED) is 0.540. The van der Waals surface area contributed by atoms with Crippen molar-refractivity contribution < 1.29 is 36.2 Å². The number of benzene rings is 2. The van der Waals surface area contributed by atoms with Gasteiger partial charge in [-0.05, 0) is 55.8 Å². The molecule has 1 aliphatic rings. The number of nitrogens with zero attached hydrogens (tertiary/aromatic N) is 2. The van der Waals surface area contributed by atoms with Gasteiger partial charge in [0, 0.05) is 31.2 Å². The van der Waals surface area contributed by atoms with Gasteiger partial charge in [0.2, 0.25) is 10.0 Å². The van der Waals surface area contributed by atoms with Crippen LogP contribution in [0.25, 0.3) is 6.08 Å². The van der Waals surface area contributed by atoms with Crippen molar-refractivity contribution in [3.05, 3.63) is 59.7 Å². The summed E-state index contributed by atoms with van der Waals surface area (Å²) >= 11 is 0. The van der Waals surface area contributed by atoms with Crippen molar-refractivity contribution in [1.82, 2.24) is 9.21 Å². The molecule has 0 radical (unpaired) electrons. The van der Waals surface area contributed by atoms with Crippen molar-refractivity contribution in [2.75, 3.05) is 32.1 Å². The van der Waals surface area contributed by atoms with Crippen molar-refractivity contribution in [2.45, 2.75) is 44.0 Å². The molecule has 2 aromatic carbocycles. The minimum Gasteiger partial charge on any atom is -0.487 e. The molecular formula is C26H32F3N3O5S. The summed E-state index contributed by atoms with van der Waals surface area (Å²) in [4.78, 5) is 14.1. The molecule has 0 bridgehead atoms. The number of sulfonamides is 1. The first-order chi connectivity index (χ1) is 17.8. The molecule has 8 nitrogen and oxygen atoms in total. The number of carbonyl (C=O) groups excluding carboxylic acids is 1. The summed E-state index contributed by atoms with van der Waals surface area (Å²) in [7, 11) is -2.48. The molecule has 2 aromatic rings. The van der Waals surface area contributed by atoms with Gasteiger partial charge in [0.25, 0.3) is 0 Å². The lowest BCUT2D eigenvalue weighted by molar-refractivity contribution is -0.137. The number of nitrogens with one attached hydrogen (secondary N) is 1. The summed E-state index contributed by atoms with van der Waals surface area (Å²) < 4.78 is 72.9. The van der Waals surface area contributed by atoms with Crippen LogP contribution in [0.5, 0.6) is 5.75 Å². The number of aliphatic hydroxyl groups excluding tert-OH is 1. The van der Waals surface area contributed by atoms with E-state index in [1.807, 2.05) is 6.92 Å². The molecule has 0 unspecified atom stereocenters. The Morgan fingerprint density at radius 2 is 1.92 bits per heavy atom. The standard InChI is InChI=1S/C26H32F3N3O5S/c1-5-6-19-7-12-24-22(13-19)37-23(17(2)14-32(18(3)16-33)38(24,35)36)15-31(4)25(34)30-21-10-8-20(9-11-21)26(27,28)29/h5-13,17-18,23,33H,14-16H2,1-4H3,(H,30,34)/b6-5+/t17-,18+,23+/m1/s1. The lowest BCUT2D eigenvalue weighted by Crippen LogP contribution is -2.50. The summed E-state index contributed by atoms with van der Waals surface area (Å²) in [5.74, 6) is -0.262. The highest BCUT2D eigenvalue weighted by Gasteiger charge is 2.38. The third kappa shape index (κ3) is 6.66. The topological polar surface area (TPSA) is 99.2 Å². The van der Waals surface area contributed by atoms with Gasteiger partial charge in [0.05, 0.1) is 18.7 Å². The number of hydrogen-bond donors (Lipinski definition) is 2. The first-order valence-electron chi connectivity index (χ1n) is 12.0. The molecular weight excluding hydrogens is 523 g/mol. The van der Waals surface area contributed by atoms with Gasteiger partial charge >= 0.3 is 12.2 Å². The third-order valence-electron chi connectivity index (χ3n) is 6.31. The number of urea groups is 1. The molecule has 0 saturated heterocycles. The van der Waals surface area contributed by atoms with Crippen LogP contribution in [0.3, 0.4) is 0 Å². The fourth-order valence-corrected chi connectivity index (χ4v) is 5.90. The van der Waals surface area contributed by atoms with Crippen LogP contribution in [-0.2, 0) is 16.2 Å². The second kappa shape index (κ2) is 11.7. The number of alkyl halides is 3. The molecule has 0 aromatic heterocycles. The molecule has 1 heterocycles. The highest BCUT2D eigenvalue weighted by molar-refractivity contribution is 7.89. The SMILES string of the molecule is C/C=C/c1ccc2c(c1)O[C@@H](CN(C)C(=O)Nc1ccc(C(F)(F)F)cc1)[C@H](C)CN([C@@H](C)CO)S2(=O)=O. The molecule has 1 aliphatic heterocycles. The molecule has 2 amide bonds. The molecule has 3 rings (SSSR count). The molecule has 0 fully saturated rings. The van der Waals surface area contributed by atoms with Crippen LogP contribution >= 0.6 is 0 Å². The summed E-state index contributed by atoms with van der Waals surface area (Å²) in [6.07, 6.45) is -1.52. The Kier molecular flexibility index (Phi) is 9.11. The predicted molar refractivity (Wildman–Crippen MR) is 138 cm³/mol. The Hall–Kier alpha value is -3.09. The van der Waals surface area contributed by atoms with Crippen molar-refractivity contribution >= 4 is 27.8 Å². The number of allylic oxidation sites excluding steroid dienone is 1. The Morgan fingerprint density at radius 3 is 2.50 bits per heavy atom. The fourth-order valence-electron chi connectivity index (χ4n) is 4.07. The summed E-state index contributed by atoms with van der Waals surface area (Å²) in [5.41, 5.74) is 0.0913. The highest BCUT2D eigenvalue weighted by Crippen LogP contribution is 2.35. The van der Waals surface area contributed by atoms with E-state index < -0.39 is 45.9 Å². The fraction of sp³-hybridized carbons (Fsp3) is 0.423. The zero-order valence-electron chi connectivity index (χ0n) is 21.6. The first-order valence-corrected chi connectivity index (χ1v) is 13.5. The van der Waals surface area contributed by atoms with E-state index >= 15 is 0 Å². The predicted octanol–water partition coefficient (Wildman–Crippen LogP) is 4.67. The van der Waals surface area contributed by atoms with Crippen molar-refractivity contribution in [1.29, 1.82) is 0 Å². The Balaban J connectivity index is 1.87. The Morgan fingerprint density at radius 1 is 1.26 bits per heavy atom. The van der Waals surface area contributed by atoms with E-state index in [1.165, 1.54) is 34.5 Å². The molecule has 208 valence electrons. The third-order valence-corrected chi connectivity index (χ3v) is 8.33. The van der Waals surface area contributed by atoms with Gasteiger partial charge < -0.3 is 20.1 Å². The number of halogens is 3. The molecule has 38 heavy (non-hydrogen) atoms. The number of rotatable bonds is 6. The second-order valence-electron chi connectivity index (χ2n) is 9.33. The number of ether oxygens (including phenoxy) is 1. The highest BCUT2D eigenvalue weighted by atomic mass is 32.2. The normalized spacial score (nSPS) is 20.6. The second-order valence-corrected chi connectivity index (χ2v) is 11.2. The van der Waals surface area contributed by atoms with Gasteiger partial charge in [-0.2, -0.15) is 17.5 Å². The van der Waals surface area contributed by atoms with Crippen LogP contribution in [0.4, 0.5) is 23.7 Å². The monoisotopic (exact) mass is 555 g/mol. The van der Waals surface area contributed by atoms with Crippen LogP contribution in [0.1, 0.15) is 31.9 Å². The van der Waals surface area contributed by atoms with E-state index in [1.54, 1.807) is 38.1 Å².